The van der Waals surface area contributed by atoms with Gasteiger partial charge in [0.05, 0.1) is 0 Å². The minimum atomic E-state index is 0.853. The van der Waals surface area contributed by atoms with Crippen LogP contribution in [0.25, 0.3) is 0 Å². The third-order valence-electron chi connectivity index (χ3n) is 4.13. The summed E-state index contributed by atoms with van der Waals surface area (Å²) in [6, 6.07) is 10.3. The highest BCUT2D eigenvalue weighted by molar-refractivity contribution is 7.99. The van der Waals surface area contributed by atoms with Gasteiger partial charge in [0.15, 0.2) is 0 Å². The standard InChI is InChI=1S/C23H36OS/c1-2-24-20-16-22-25-21-15-10-8-6-4-3-5-7-9-12-17-23-18-13-11-14-19-23/h11,13-14,18-19H,2-10,15-16,20-22H2,1H3. The van der Waals surface area contributed by atoms with Crippen molar-refractivity contribution in [2.45, 2.75) is 71.1 Å². The number of ether oxygens (including phenoxy) is 1. The molecule has 25 heavy (non-hydrogen) atoms. The van der Waals surface area contributed by atoms with E-state index in [0.717, 1.165) is 25.2 Å². The molecule has 140 valence electrons. The second-order valence-corrected chi connectivity index (χ2v) is 7.63. The summed E-state index contributed by atoms with van der Waals surface area (Å²) in [7, 11) is 0. The van der Waals surface area contributed by atoms with Crippen LogP contribution in [0.1, 0.15) is 76.7 Å². The molecule has 0 unspecified atom stereocenters. The van der Waals surface area contributed by atoms with Gasteiger partial charge in [0, 0.05) is 25.2 Å². The average molecular weight is 361 g/mol. The van der Waals surface area contributed by atoms with Gasteiger partial charge in [-0.2, -0.15) is 11.8 Å². The van der Waals surface area contributed by atoms with Crippen LogP contribution in [0.4, 0.5) is 0 Å². The van der Waals surface area contributed by atoms with Crippen LogP contribution in [0.2, 0.25) is 0 Å². The van der Waals surface area contributed by atoms with Gasteiger partial charge in [-0.3, -0.25) is 0 Å². The van der Waals surface area contributed by atoms with E-state index in [4.69, 9.17) is 4.74 Å². The smallest absolute Gasteiger partial charge is 0.0473 e. The zero-order chi connectivity index (χ0) is 17.8. The Morgan fingerprint density at radius 3 is 2.16 bits per heavy atom. The second-order valence-electron chi connectivity index (χ2n) is 6.41. The Bertz CT molecular complexity index is 446. The summed E-state index contributed by atoms with van der Waals surface area (Å²) in [5.74, 6) is 9.11. The van der Waals surface area contributed by atoms with E-state index in [0.29, 0.717) is 0 Å². The Morgan fingerprint density at radius 1 is 0.800 bits per heavy atom. The van der Waals surface area contributed by atoms with Crippen molar-refractivity contribution in [1.82, 2.24) is 0 Å². The first-order valence-corrected chi connectivity index (χ1v) is 11.3. The van der Waals surface area contributed by atoms with Crippen LogP contribution >= 0.6 is 11.8 Å². The topological polar surface area (TPSA) is 9.23 Å². The Kier molecular flexibility index (Phi) is 15.8. The lowest BCUT2D eigenvalue weighted by Crippen LogP contribution is -1.95. The number of rotatable bonds is 15. The SMILES string of the molecule is CCOCCCSCCCCCCCCCCC#Cc1ccccc1. The van der Waals surface area contributed by atoms with E-state index in [1.54, 1.807) is 0 Å². The van der Waals surface area contributed by atoms with Crippen LogP contribution in [-0.4, -0.2) is 24.7 Å². The van der Waals surface area contributed by atoms with Gasteiger partial charge >= 0.3 is 0 Å². The van der Waals surface area contributed by atoms with Crippen LogP contribution in [0.15, 0.2) is 30.3 Å². The van der Waals surface area contributed by atoms with Gasteiger partial charge in [-0.05, 0) is 49.8 Å². The third kappa shape index (κ3) is 15.1. The molecule has 0 N–H and O–H groups in total. The summed E-state index contributed by atoms with van der Waals surface area (Å²) in [5.41, 5.74) is 1.13. The highest BCUT2D eigenvalue weighted by atomic mass is 32.2. The highest BCUT2D eigenvalue weighted by Crippen LogP contribution is 2.12. The Labute approximate surface area is 160 Å². The van der Waals surface area contributed by atoms with Crippen LogP contribution in [0, 0.1) is 11.8 Å². The normalized spacial score (nSPS) is 10.4. The fraction of sp³-hybridized carbons (Fsp3) is 0.652. The number of benzene rings is 1. The first-order chi connectivity index (χ1) is 12.4. The molecular formula is C23H36OS. The molecule has 0 saturated heterocycles. The lowest BCUT2D eigenvalue weighted by Gasteiger charge is -2.03. The van der Waals surface area contributed by atoms with Gasteiger partial charge in [-0.1, -0.05) is 68.6 Å². The molecule has 0 aliphatic carbocycles. The van der Waals surface area contributed by atoms with E-state index in [9.17, 15) is 0 Å². The maximum absolute atomic E-state index is 5.35. The Hall–Kier alpha value is -0.910. The summed E-state index contributed by atoms with van der Waals surface area (Å²) >= 11 is 2.09. The molecule has 0 aliphatic heterocycles. The molecule has 2 heteroatoms. The summed E-state index contributed by atoms with van der Waals surface area (Å²) in [6.45, 7) is 3.85. The van der Waals surface area contributed by atoms with Crippen molar-refractivity contribution in [3.63, 3.8) is 0 Å². The number of unbranched alkanes of at least 4 members (excludes halogenated alkanes) is 8. The zero-order valence-electron chi connectivity index (χ0n) is 16.1. The lowest BCUT2D eigenvalue weighted by molar-refractivity contribution is 0.149. The minimum Gasteiger partial charge on any atom is -0.382 e. The van der Waals surface area contributed by atoms with Crippen molar-refractivity contribution >= 4 is 11.8 Å². The van der Waals surface area contributed by atoms with E-state index >= 15 is 0 Å². The van der Waals surface area contributed by atoms with Crippen LogP contribution in [0.5, 0.6) is 0 Å². The number of hydrogen-bond acceptors (Lipinski definition) is 2. The summed E-state index contributed by atoms with van der Waals surface area (Å²) in [6.07, 6.45) is 13.2. The highest BCUT2D eigenvalue weighted by Gasteiger charge is 1.94. The zero-order valence-corrected chi connectivity index (χ0v) is 16.9. The van der Waals surface area contributed by atoms with Crippen molar-refractivity contribution < 1.29 is 4.74 Å². The molecule has 0 spiro atoms. The van der Waals surface area contributed by atoms with E-state index in [1.165, 1.54) is 69.3 Å². The van der Waals surface area contributed by atoms with Gasteiger partial charge in [0.1, 0.15) is 0 Å². The third-order valence-corrected chi connectivity index (χ3v) is 5.28. The van der Waals surface area contributed by atoms with Gasteiger partial charge in [0.25, 0.3) is 0 Å². The average Bonchev–Trinajstić information content (AvgIpc) is 2.65. The van der Waals surface area contributed by atoms with Gasteiger partial charge < -0.3 is 4.74 Å². The van der Waals surface area contributed by atoms with Crippen molar-refractivity contribution in [3.8, 4) is 11.8 Å². The van der Waals surface area contributed by atoms with Crippen LogP contribution in [-0.2, 0) is 4.74 Å². The molecule has 0 fully saturated rings. The van der Waals surface area contributed by atoms with Crippen molar-refractivity contribution in [1.29, 1.82) is 0 Å². The van der Waals surface area contributed by atoms with Gasteiger partial charge in [0.2, 0.25) is 0 Å². The molecule has 0 atom stereocenters. The molecule has 0 radical (unpaired) electrons. The van der Waals surface area contributed by atoms with E-state index < -0.39 is 0 Å². The van der Waals surface area contributed by atoms with Crippen molar-refractivity contribution in [2.24, 2.45) is 0 Å². The van der Waals surface area contributed by atoms with E-state index in [-0.39, 0.29) is 0 Å². The largest absolute Gasteiger partial charge is 0.382 e. The molecule has 1 rings (SSSR count). The van der Waals surface area contributed by atoms with Gasteiger partial charge in [-0.25, -0.2) is 0 Å². The molecule has 0 bridgehead atoms. The predicted octanol–water partition coefficient (Wildman–Crippen LogP) is 6.71. The summed E-state index contributed by atoms with van der Waals surface area (Å²) in [4.78, 5) is 0. The molecule has 0 aromatic heterocycles. The minimum absolute atomic E-state index is 0.853. The maximum atomic E-state index is 5.35. The molecule has 0 amide bonds. The van der Waals surface area contributed by atoms with Crippen LogP contribution < -0.4 is 0 Å². The first kappa shape index (κ1) is 22.1. The van der Waals surface area contributed by atoms with Crippen molar-refractivity contribution in [2.75, 3.05) is 24.7 Å². The molecule has 1 aromatic carbocycles. The second kappa shape index (κ2) is 17.9. The predicted molar refractivity (Wildman–Crippen MR) is 113 cm³/mol. The Balaban J connectivity index is 1.76. The first-order valence-electron chi connectivity index (χ1n) is 10.1. The molecular weight excluding hydrogens is 324 g/mol. The maximum Gasteiger partial charge on any atom is 0.0473 e. The summed E-state index contributed by atoms with van der Waals surface area (Å²) < 4.78 is 5.35. The quantitative estimate of drug-likeness (QED) is 0.254. The van der Waals surface area contributed by atoms with Crippen molar-refractivity contribution in [3.05, 3.63) is 35.9 Å². The fourth-order valence-corrected chi connectivity index (χ4v) is 3.61. The molecule has 0 heterocycles. The monoisotopic (exact) mass is 360 g/mol. The molecule has 1 nitrogen and oxygen atoms in total. The van der Waals surface area contributed by atoms with Crippen LogP contribution in [0.3, 0.4) is 0 Å². The van der Waals surface area contributed by atoms with E-state index in [2.05, 4.69) is 42.7 Å². The molecule has 1 aromatic rings. The van der Waals surface area contributed by atoms with E-state index in [1.807, 2.05) is 18.2 Å². The Morgan fingerprint density at radius 2 is 1.44 bits per heavy atom. The lowest BCUT2D eigenvalue weighted by atomic mass is 10.1. The molecule has 0 aliphatic rings. The molecule has 0 saturated carbocycles. The fourth-order valence-electron chi connectivity index (χ4n) is 2.67. The summed E-state index contributed by atoms with van der Waals surface area (Å²) in [5, 5.41) is 0. The van der Waals surface area contributed by atoms with Gasteiger partial charge in [-0.15, -0.1) is 0 Å². The number of thioether (sulfide) groups is 1. The number of hydrogen-bond donors (Lipinski definition) is 0.